The quantitative estimate of drug-likeness (QED) is 0.747. The second kappa shape index (κ2) is 6.31. The molecule has 0 aromatic heterocycles. The third kappa shape index (κ3) is 2.98. The summed E-state index contributed by atoms with van der Waals surface area (Å²) in [5, 5.41) is 0. The number of rotatable bonds is 4. The van der Waals surface area contributed by atoms with Crippen molar-refractivity contribution in [3.63, 3.8) is 0 Å². The van der Waals surface area contributed by atoms with E-state index in [4.69, 9.17) is 9.47 Å². The average molecular weight is 335 g/mol. The monoisotopic (exact) mass is 334 g/mol. The summed E-state index contributed by atoms with van der Waals surface area (Å²) in [5.41, 5.74) is 4.62. The molecule has 0 fully saturated rings. The number of ether oxygens (including phenoxy) is 2. The molecular weight excluding hydrogens is 316 g/mol. The lowest BCUT2D eigenvalue weighted by Gasteiger charge is -2.17. The zero-order valence-corrected chi connectivity index (χ0v) is 13.8. The summed E-state index contributed by atoms with van der Waals surface area (Å²) >= 11 is 3.77. The van der Waals surface area contributed by atoms with Crippen LogP contribution in [0.5, 0.6) is 11.5 Å². The lowest BCUT2D eigenvalue weighted by molar-refractivity contribution is 0.409. The molecule has 0 N–H and O–H groups in total. The third-order valence-electron chi connectivity index (χ3n) is 3.38. The van der Waals surface area contributed by atoms with Crippen molar-refractivity contribution >= 4 is 15.9 Å². The molecule has 0 amide bonds. The van der Waals surface area contributed by atoms with E-state index in [9.17, 15) is 0 Å². The van der Waals surface area contributed by atoms with Crippen molar-refractivity contribution < 1.29 is 9.47 Å². The van der Waals surface area contributed by atoms with Crippen LogP contribution in [0.4, 0.5) is 0 Å². The van der Waals surface area contributed by atoms with Crippen LogP contribution >= 0.6 is 15.9 Å². The van der Waals surface area contributed by atoms with Gasteiger partial charge in [-0.1, -0.05) is 45.8 Å². The Balaban J connectivity index is 2.45. The summed E-state index contributed by atoms with van der Waals surface area (Å²) in [7, 11) is 3.40. The zero-order chi connectivity index (χ0) is 14.7. The molecule has 2 aromatic carbocycles. The van der Waals surface area contributed by atoms with Crippen LogP contribution < -0.4 is 9.47 Å². The molecule has 3 heteroatoms. The third-order valence-corrected chi connectivity index (χ3v) is 4.40. The molecule has 106 valence electrons. The first-order chi connectivity index (χ1) is 9.56. The molecular formula is C17H19BrO2. The van der Waals surface area contributed by atoms with Crippen LogP contribution in [0.15, 0.2) is 36.4 Å². The predicted octanol–water partition coefficient (Wildman–Crippen LogP) is 4.80. The van der Waals surface area contributed by atoms with Gasteiger partial charge in [-0.3, -0.25) is 0 Å². The van der Waals surface area contributed by atoms with Gasteiger partial charge in [-0.15, -0.1) is 0 Å². The van der Waals surface area contributed by atoms with Crippen LogP contribution in [0.3, 0.4) is 0 Å². The molecule has 0 bridgehead atoms. The van der Waals surface area contributed by atoms with Gasteiger partial charge in [-0.2, -0.15) is 0 Å². The van der Waals surface area contributed by atoms with E-state index in [1.807, 2.05) is 13.0 Å². The average Bonchev–Trinajstić information content (AvgIpc) is 2.47. The molecule has 0 aliphatic heterocycles. The Morgan fingerprint density at radius 1 is 0.900 bits per heavy atom. The van der Waals surface area contributed by atoms with Gasteiger partial charge in [0.15, 0.2) is 0 Å². The van der Waals surface area contributed by atoms with E-state index in [0.717, 1.165) is 28.2 Å². The smallest absolute Gasteiger partial charge is 0.123 e. The van der Waals surface area contributed by atoms with E-state index < -0.39 is 0 Å². The van der Waals surface area contributed by atoms with E-state index in [1.54, 1.807) is 14.2 Å². The Morgan fingerprint density at radius 3 is 2.25 bits per heavy atom. The zero-order valence-electron chi connectivity index (χ0n) is 12.2. The fraction of sp³-hybridized carbons (Fsp3) is 0.294. The Morgan fingerprint density at radius 2 is 1.60 bits per heavy atom. The van der Waals surface area contributed by atoms with Crippen molar-refractivity contribution in [2.24, 2.45) is 0 Å². The Labute approximate surface area is 128 Å². The molecule has 0 spiro atoms. The second-order valence-corrected chi connectivity index (χ2v) is 5.75. The molecule has 0 saturated carbocycles. The highest BCUT2D eigenvalue weighted by atomic mass is 79.9. The van der Waals surface area contributed by atoms with Gasteiger partial charge >= 0.3 is 0 Å². The first kappa shape index (κ1) is 14.9. The number of aryl methyl sites for hydroxylation is 2. The largest absolute Gasteiger partial charge is 0.496 e. The van der Waals surface area contributed by atoms with Crippen molar-refractivity contribution in [1.29, 1.82) is 0 Å². The summed E-state index contributed by atoms with van der Waals surface area (Å²) in [4.78, 5) is 0.0758. The second-order valence-electron chi connectivity index (χ2n) is 4.84. The number of benzene rings is 2. The molecule has 2 aromatic rings. The minimum Gasteiger partial charge on any atom is -0.496 e. The van der Waals surface area contributed by atoms with Crippen LogP contribution in [0.1, 0.15) is 27.1 Å². The number of methoxy groups -OCH3 is 2. The van der Waals surface area contributed by atoms with E-state index in [-0.39, 0.29) is 4.83 Å². The summed E-state index contributed by atoms with van der Waals surface area (Å²) in [6, 6.07) is 12.5. The Bertz CT molecular complexity index is 608. The fourth-order valence-electron chi connectivity index (χ4n) is 2.23. The summed E-state index contributed by atoms with van der Waals surface area (Å²) in [6.07, 6.45) is 0. The standard InChI is InChI=1S/C17H19BrO2/c1-11-5-8-15(19-3)14(9-11)17(18)13-7-6-12(2)16(10-13)20-4/h5-10,17H,1-4H3. The van der Waals surface area contributed by atoms with Crippen LogP contribution in [0, 0.1) is 13.8 Å². The summed E-state index contributed by atoms with van der Waals surface area (Å²) in [6.45, 7) is 4.12. The van der Waals surface area contributed by atoms with Crippen molar-refractivity contribution in [1.82, 2.24) is 0 Å². The molecule has 0 aliphatic rings. The van der Waals surface area contributed by atoms with E-state index >= 15 is 0 Å². The van der Waals surface area contributed by atoms with Crippen molar-refractivity contribution in [2.45, 2.75) is 18.7 Å². The molecule has 0 saturated heterocycles. The molecule has 2 nitrogen and oxygen atoms in total. The summed E-state index contributed by atoms with van der Waals surface area (Å²) < 4.78 is 10.9. The first-order valence-electron chi connectivity index (χ1n) is 6.50. The summed E-state index contributed by atoms with van der Waals surface area (Å²) in [5.74, 6) is 1.79. The Hall–Kier alpha value is -1.48. The minimum atomic E-state index is 0.0758. The first-order valence-corrected chi connectivity index (χ1v) is 7.41. The SMILES string of the molecule is COc1cc(C(Br)c2cc(C)ccc2OC)ccc1C. The van der Waals surface area contributed by atoms with Crippen molar-refractivity contribution in [2.75, 3.05) is 14.2 Å². The topological polar surface area (TPSA) is 18.5 Å². The van der Waals surface area contributed by atoms with Gasteiger partial charge < -0.3 is 9.47 Å². The van der Waals surface area contributed by atoms with Crippen LogP contribution in [0.2, 0.25) is 0 Å². The van der Waals surface area contributed by atoms with Crippen LogP contribution in [-0.2, 0) is 0 Å². The van der Waals surface area contributed by atoms with E-state index in [1.165, 1.54) is 5.56 Å². The predicted molar refractivity (Wildman–Crippen MR) is 86.2 cm³/mol. The van der Waals surface area contributed by atoms with Gasteiger partial charge in [-0.05, 0) is 37.1 Å². The van der Waals surface area contributed by atoms with Crippen LogP contribution in [0.25, 0.3) is 0 Å². The lowest BCUT2D eigenvalue weighted by Crippen LogP contribution is -1.99. The van der Waals surface area contributed by atoms with Gasteiger partial charge in [0.25, 0.3) is 0 Å². The van der Waals surface area contributed by atoms with Gasteiger partial charge in [0.1, 0.15) is 11.5 Å². The highest BCUT2D eigenvalue weighted by Gasteiger charge is 2.16. The van der Waals surface area contributed by atoms with Gasteiger partial charge in [0.05, 0.1) is 19.0 Å². The lowest BCUT2D eigenvalue weighted by atomic mass is 10.0. The van der Waals surface area contributed by atoms with Crippen molar-refractivity contribution in [3.05, 3.63) is 58.7 Å². The maximum absolute atomic E-state index is 5.46. The van der Waals surface area contributed by atoms with Gasteiger partial charge in [0, 0.05) is 5.56 Å². The maximum Gasteiger partial charge on any atom is 0.123 e. The number of alkyl halides is 1. The highest BCUT2D eigenvalue weighted by Crippen LogP contribution is 2.38. The molecule has 2 rings (SSSR count). The maximum atomic E-state index is 5.46. The molecule has 1 atom stereocenters. The highest BCUT2D eigenvalue weighted by molar-refractivity contribution is 9.09. The normalized spacial score (nSPS) is 12.1. The number of hydrogen-bond donors (Lipinski definition) is 0. The van der Waals surface area contributed by atoms with E-state index in [0.29, 0.717) is 0 Å². The van der Waals surface area contributed by atoms with E-state index in [2.05, 4.69) is 53.2 Å². The van der Waals surface area contributed by atoms with Crippen LogP contribution in [-0.4, -0.2) is 14.2 Å². The number of halogens is 1. The number of hydrogen-bond acceptors (Lipinski definition) is 2. The molecule has 1 unspecified atom stereocenters. The molecule has 0 radical (unpaired) electrons. The van der Waals surface area contributed by atoms with Gasteiger partial charge in [0.2, 0.25) is 0 Å². The molecule has 0 heterocycles. The minimum absolute atomic E-state index is 0.0758. The Kier molecular flexibility index (Phi) is 4.71. The molecule has 20 heavy (non-hydrogen) atoms. The fourth-order valence-corrected chi connectivity index (χ4v) is 2.87. The molecule has 0 aliphatic carbocycles. The van der Waals surface area contributed by atoms with Crippen molar-refractivity contribution in [3.8, 4) is 11.5 Å². The van der Waals surface area contributed by atoms with Gasteiger partial charge in [-0.25, -0.2) is 0 Å².